The van der Waals surface area contributed by atoms with Crippen molar-refractivity contribution in [3.8, 4) is 22.8 Å². The molecule has 166 valence electrons. The van der Waals surface area contributed by atoms with Crippen LogP contribution in [0.1, 0.15) is 0 Å². The maximum absolute atomic E-state index is 12.4. The highest BCUT2D eigenvalue weighted by atomic mass is 32.2. The summed E-state index contributed by atoms with van der Waals surface area (Å²) in [4.78, 5) is 12.4. The summed E-state index contributed by atoms with van der Waals surface area (Å²) in [5.41, 5.74) is 4.00. The highest BCUT2D eigenvalue weighted by molar-refractivity contribution is 7.99. The fourth-order valence-corrected chi connectivity index (χ4v) is 4.11. The Bertz CT molecular complexity index is 1430. The molecule has 9 nitrogen and oxygen atoms in total. The van der Waals surface area contributed by atoms with E-state index in [0.29, 0.717) is 16.5 Å². The van der Waals surface area contributed by atoms with Gasteiger partial charge in [-0.25, -0.2) is 4.52 Å². The highest BCUT2D eigenvalue weighted by Crippen LogP contribution is 2.25. The minimum Gasteiger partial charge on any atom is -0.497 e. The van der Waals surface area contributed by atoms with Crippen molar-refractivity contribution in [2.24, 2.45) is 0 Å². The van der Waals surface area contributed by atoms with Crippen LogP contribution in [0.2, 0.25) is 0 Å². The predicted molar refractivity (Wildman–Crippen MR) is 126 cm³/mol. The fourth-order valence-electron chi connectivity index (χ4n) is 3.39. The van der Waals surface area contributed by atoms with Crippen LogP contribution in [-0.4, -0.2) is 50.1 Å². The second-order valence-corrected chi connectivity index (χ2v) is 8.07. The van der Waals surface area contributed by atoms with Crippen LogP contribution in [-0.2, 0) is 4.79 Å². The van der Waals surface area contributed by atoms with Crippen LogP contribution in [0.25, 0.3) is 22.4 Å². The molecule has 3 heterocycles. The van der Waals surface area contributed by atoms with Gasteiger partial charge in [0.25, 0.3) is 0 Å². The third-order valence-corrected chi connectivity index (χ3v) is 6.02. The number of carbonyl (C=O) groups excluding carboxylic acids is 1. The number of aromatic nitrogens is 5. The number of rotatable bonds is 7. The summed E-state index contributed by atoms with van der Waals surface area (Å²) in [6, 6.07) is 16.9. The summed E-state index contributed by atoms with van der Waals surface area (Å²) in [6.45, 7) is 0. The number of hydrogen-bond donors (Lipinski definition) is 1. The Morgan fingerprint density at radius 1 is 0.970 bits per heavy atom. The summed E-state index contributed by atoms with van der Waals surface area (Å²) < 4.78 is 14.0. The number of nitrogens with one attached hydrogen (secondary N) is 1. The number of anilines is 1. The number of benzene rings is 2. The molecular formula is C23H20N6O3S. The zero-order chi connectivity index (χ0) is 22.8. The Morgan fingerprint density at radius 2 is 1.67 bits per heavy atom. The lowest BCUT2D eigenvalue weighted by Crippen LogP contribution is -2.14. The fraction of sp³-hybridized carbons (Fsp3) is 0.130. The lowest BCUT2D eigenvalue weighted by Gasteiger charge is -2.06. The van der Waals surface area contributed by atoms with E-state index in [1.54, 1.807) is 43.0 Å². The minimum atomic E-state index is -0.130. The largest absolute Gasteiger partial charge is 0.497 e. The van der Waals surface area contributed by atoms with Gasteiger partial charge >= 0.3 is 0 Å². The molecule has 1 N–H and O–H groups in total. The van der Waals surface area contributed by atoms with Crippen molar-refractivity contribution < 1.29 is 14.3 Å². The molecule has 3 aromatic heterocycles. The Kier molecular flexibility index (Phi) is 5.57. The first-order valence-corrected chi connectivity index (χ1v) is 11.1. The third-order valence-electron chi connectivity index (χ3n) is 5.08. The van der Waals surface area contributed by atoms with Crippen molar-refractivity contribution in [1.29, 1.82) is 0 Å². The standard InChI is InChI=1S/C23H20N6O3S/c1-31-17-7-3-15(4-8-17)19-13-20-22-25-26-23(28(22)11-12-29(20)27-19)33-14-21(30)24-16-5-9-18(32-2)10-6-16/h3-13H,14H2,1-2H3,(H,24,30). The molecule has 33 heavy (non-hydrogen) atoms. The number of nitrogens with zero attached hydrogens (tertiary/aromatic N) is 5. The molecule has 0 aliphatic heterocycles. The van der Waals surface area contributed by atoms with E-state index in [2.05, 4.69) is 20.6 Å². The number of carbonyl (C=O) groups is 1. The molecule has 0 radical (unpaired) electrons. The monoisotopic (exact) mass is 460 g/mol. The summed E-state index contributed by atoms with van der Waals surface area (Å²) >= 11 is 1.32. The highest BCUT2D eigenvalue weighted by Gasteiger charge is 2.14. The van der Waals surface area contributed by atoms with Gasteiger partial charge in [0.2, 0.25) is 5.91 Å². The van der Waals surface area contributed by atoms with Crippen LogP contribution in [0, 0.1) is 0 Å². The quantitative estimate of drug-likeness (QED) is 0.369. The van der Waals surface area contributed by atoms with Crippen molar-refractivity contribution in [3.05, 3.63) is 67.0 Å². The SMILES string of the molecule is COc1ccc(NC(=O)CSc2nnc3c4cc(-c5ccc(OC)cc5)nn4ccn23)cc1. The molecule has 0 unspecified atom stereocenters. The molecule has 0 bridgehead atoms. The van der Waals surface area contributed by atoms with E-state index in [1.807, 2.05) is 47.1 Å². The van der Waals surface area contributed by atoms with E-state index in [9.17, 15) is 4.79 Å². The average molecular weight is 461 g/mol. The van der Waals surface area contributed by atoms with Gasteiger partial charge < -0.3 is 14.8 Å². The van der Waals surface area contributed by atoms with Crippen LogP contribution in [0.4, 0.5) is 5.69 Å². The van der Waals surface area contributed by atoms with Gasteiger partial charge in [0, 0.05) is 23.6 Å². The first-order chi connectivity index (χ1) is 16.1. The van der Waals surface area contributed by atoms with Crippen molar-refractivity contribution >= 4 is 34.5 Å². The molecule has 0 saturated heterocycles. The van der Waals surface area contributed by atoms with Gasteiger partial charge in [0.05, 0.1) is 25.7 Å². The molecule has 0 aliphatic carbocycles. The Balaban J connectivity index is 1.33. The van der Waals surface area contributed by atoms with Gasteiger partial charge in [-0.2, -0.15) is 5.10 Å². The topological polar surface area (TPSA) is 95.0 Å². The number of thioether (sulfide) groups is 1. The van der Waals surface area contributed by atoms with Crippen LogP contribution in [0.3, 0.4) is 0 Å². The molecule has 0 atom stereocenters. The van der Waals surface area contributed by atoms with Gasteiger partial charge in [-0.05, 0) is 54.6 Å². The summed E-state index contributed by atoms with van der Waals surface area (Å²) in [6.07, 6.45) is 3.69. The lowest BCUT2D eigenvalue weighted by molar-refractivity contribution is -0.113. The number of fused-ring (bicyclic) bond motifs is 3. The molecular weight excluding hydrogens is 440 g/mol. The Labute approximate surface area is 193 Å². The molecule has 0 fully saturated rings. The third kappa shape index (κ3) is 4.20. The summed E-state index contributed by atoms with van der Waals surface area (Å²) in [7, 11) is 3.24. The molecule has 1 amide bonds. The molecule has 0 aliphatic rings. The lowest BCUT2D eigenvalue weighted by atomic mass is 10.1. The molecule has 2 aromatic carbocycles. The van der Waals surface area contributed by atoms with E-state index in [0.717, 1.165) is 28.3 Å². The second kappa shape index (κ2) is 8.83. The van der Waals surface area contributed by atoms with Gasteiger partial charge in [-0.3, -0.25) is 9.20 Å². The number of ether oxygens (including phenoxy) is 2. The summed E-state index contributed by atoms with van der Waals surface area (Å²) in [5.74, 6) is 1.60. The van der Waals surface area contributed by atoms with E-state index in [-0.39, 0.29) is 11.7 Å². The minimum absolute atomic E-state index is 0.130. The van der Waals surface area contributed by atoms with E-state index in [1.165, 1.54) is 11.8 Å². The van der Waals surface area contributed by atoms with Gasteiger partial charge in [0.1, 0.15) is 17.0 Å². The molecule has 0 spiro atoms. The number of amides is 1. The van der Waals surface area contributed by atoms with E-state index < -0.39 is 0 Å². The molecule has 5 rings (SSSR count). The first-order valence-electron chi connectivity index (χ1n) is 10.1. The Hall–Kier alpha value is -4.05. The normalized spacial score (nSPS) is 11.1. The maximum atomic E-state index is 12.4. The first kappa shape index (κ1) is 20.8. The average Bonchev–Trinajstić information content (AvgIpc) is 3.47. The van der Waals surface area contributed by atoms with Crippen molar-refractivity contribution in [2.45, 2.75) is 5.16 Å². The van der Waals surface area contributed by atoms with Crippen molar-refractivity contribution in [1.82, 2.24) is 24.2 Å². The molecule has 5 aromatic rings. The summed E-state index contributed by atoms with van der Waals surface area (Å²) in [5, 5.41) is 16.7. The molecule has 0 saturated carbocycles. The second-order valence-electron chi connectivity index (χ2n) is 7.13. The van der Waals surface area contributed by atoms with Crippen molar-refractivity contribution in [3.63, 3.8) is 0 Å². The Morgan fingerprint density at radius 3 is 2.36 bits per heavy atom. The van der Waals surface area contributed by atoms with Crippen molar-refractivity contribution in [2.75, 3.05) is 25.3 Å². The zero-order valence-electron chi connectivity index (χ0n) is 17.9. The van der Waals surface area contributed by atoms with E-state index >= 15 is 0 Å². The van der Waals surface area contributed by atoms with Gasteiger partial charge in [-0.15, -0.1) is 10.2 Å². The predicted octanol–water partition coefficient (Wildman–Crippen LogP) is 3.79. The van der Waals surface area contributed by atoms with Crippen LogP contribution in [0.15, 0.2) is 72.1 Å². The van der Waals surface area contributed by atoms with E-state index in [4.69, 9.17) is 9.47 Å². The zero-order valence-corrected chi connectivity index (χ0v) is 18.7. The smallest absolute Gasteiger partial charge is 0.234 e. The molecule has 10 heteroatoms. The number of hydrogen-bond acceptors (Lipinski definition) is 7. The van der Waals surface area contributed by atoms with Crippen LogP contribution >= 0.6 is 11.8 Å². The maximum Gasteiger partial charge on any atom is 0.234 e. The van der Waals surface area contributed by atoms with Gasteiger partial charge in [0.15, 0.2) is 10.8 Å². The number of methoxy groups -OCH3 is 2. The van der Waals surface area contributed by atoms with Crippen LogP contribution < -0.4 is 14.8 Å². The van der Waals surface area contributed by atoms with Gasteiger partial charge in [-0.1, -0.05) is 11.8 Å². The van der Waals surface area contributed by atoms with Crippen LogP contribution in [0.5, 0.6) is 11.5 Å².